The van der Waals surface area contributed by atoms with Crippen LogP contribution in [0.2, 0.25) is 0 Å². The van der Waals surface area contributed by atoms with Crippen molar-refractivity contribution in [2.45, 2.75) is 115 Å². The summed E-state index contributed by atoms with van der Waals surface area (Å²) in [5, 5.41) is 18.2. The molecule has 0 rings (SSSR count). The molecule has 0 aliphatic rings. The molecule has 3 N–H and O–H groups in total. The van der Waals surface area contributed by atoms with E-state index in [1.165, 1.54) is 0 Å². The van der Waals surface area contributed by atoms with Gasteiger partial charge in [-0.1, -0.05) is 83.3 Å². The third kappa shape index (κ3) is 22.0. The van der Waals surface area contributed by atoms with E-state index in [-0.39, 0.29) is 0 Å². The monoisotopic (exact) mass is 546 g/mol. The number of phosphoric ester groups is 1. The van der Waals surface area contributed by atoms with Gasteiger partial charge in [-0.15, -0.1) is 0 Å². The molecule has 0 heterocycles. The first-order valence-electron chi connectivity index (χ1n) is 25.6. The summed E-state index contributed by atoms with van der Waals surface area (Å²) in [4.78, 5) is 23.1. The fraction of sp³-hybridized carbons (Fsp3) is 0.958. The van der Waals surface area contributed by atoms with E-state index in [1.54, 1.807) is 0 Å². The maximum Gasteiger partial charge on any atom is 0.472 e. The van der Waals surface area contributed by atoms with Crippen LogP contribution in [0.3, 0.4) is 0 Å². The zero-order valence-electron chi connectivity index (χ0n) is 50.5. The minimum atomic E-state index is -5.28. The SMILES string of the molecule is [2H]C([2H])COC[C@H](COP(=O)(O)OCC(O)CO)OC(=O)C([2H])([2H])C([2H])([2H])C([2H])([2H])C([2H])([2H])C([2H])([2H])C([2H])([2H])C([2H])([2H])C([2H])([2H])C([2H])([2H])C([2H])([2H])C([2H])([2H])C([2H])([2H])C([2H])([2H])C([2H])([2H])C([2H])([2H])[2H]. The second-order valence-electron chi connectivity index (χ2n) is 5.21. The predicted molar refractivity (Wildman–Crippen MR) is 132 cm³/mol. The van der Waals surface area contributed by atoms with Crippen molar-refractivity contribution in [1.82, 2.24) is 0 Å². The minimum absolute atomic E-state index is 0.820. The molecule has 204 valence electrons. The molecular formula is C24H49O9P. The molecule has 0 fully saturated rings. The Morgan fingerprint density at radius 3 is 2.03 bits per heavy atom. The third-order valence-corrected chi connectivity index (χ3v) is 3.62. The summed E-state index contributed by atoms with van der Waals surface area (Å²) in [6.07, 6.45) is -74.3. The van der Waals surface area contributed by atoms with E-state index in [2.05, 4.69) is 13.8 Å². The number of hydrogen-bond donors (Lipinski definition) is 3. The zero-order chi connectivity index (χ0) is 54.7. The third-order valence-electron chi connectivity index (χ3n) is 2.67. The van der Waals surface area contributed by atoms with Gasteiger partial charge in [0.25, 0.3) is 0 Å². The quantitative estimate of drug-likeness (QED) is 0.108. The van der Waals surface area contributed by atoms with Gasteiger partial charge in [-0.2, -0.15) is 0 Å². The molecule has 0 aromatic rings. The van der Waals surface area contributed by atoms with Crippen LogP contribution in [0.1, 0.15) is 148 Å². The molecule has 0 saturated heterocycles. The standard InChI is InChI=1S/C24H49O9P/c1-3-5-6-7-8-9-10-11-12-13-14-15-16-17-24(27)33-23(20-30-4-2)21-32-34(28,29)31-19-22(26)18-25/h22-23,25-26H,3-21H2,1-2H3,(H,28,29)/t22?,23-/m1/s1/i1D3,2D2,3D2,5D2,6D2,7D2,8D2,9D2,10D2,11D2,12D2,13D2,14D2,15D2,16D2,17D2. The molecule has 10 heteroatoms. The molecule has 3 atom stereocenters. The highest BCUT2D eigenvalue weighted by Crippen LogP contribution is 2.43. The fourth-order valence-electron chi connectivity index (χ4n) is 1.37. The molecule has 0 spiro atoms. The van der Waals surface area contributed by atoms with Gasteiger partial charge >= 0.3 is 13.8 Å². The van der Waals surface area contributed by atoms with Crippen LogP contribution in [0.5, 0.6) is 0 Å². The maximum atomic E-state index is 13.2. The topological polar surface area (TPSA) is 132 Å². The van der Waals surface area contributed by atoms with E-state index in [0.29, 0.717) is 0 Å². The highest BCUT2D eigenvalue weighted by atomic mass is 31.2. The Morgan fingerprint density at radius 2 is 1.47 bits per heavy atom. The van der Waals surface area contributed by atoms with E-state index in [9.17, 15) is 19.4 Å². The van der Waals surface area contributed by atoms with Crippen molar-refractivity contribution in [3.05, 3.63) is 0 Å². The van der Waals surface area contributed by atoms with Crippen molar-refractivity contribution in [2.24, 2.45) is 0 Å². The zero-order valence-corrected chi connectivity index (χ0v) is 18.4. The molecule has 9 nitrogen and oxygen atoms in total. The number of carbonyl (C=O) groups excluding carboxylic acids is 1. The normalized spacial score (nSPS) is 35.8. The van der Waals surface area contributed by atoms with Crippen LogP contribution in [0.25, 0.3) is 0 Å². The summed E-state index contributed by atoms with van der Waals surface area (Å²) in [5.41, 5.74) is 0. The van der Waals surface area contributed by atoms with Gasteiger partial charge in [0.05, 0.1) is 26.4 Å². The number of ether oxygens (including phenoxy) is 2. The van der Waals surface area contributed by atoms with E-state index >= 15 is 0 Å². The molecule has 0 radical (unpaired) electrons. The number of aliphatic hydroxyl groups is 2. The number of rotatable bonds is 25. The lowest BCUT2D eigenvalue weighted by molar-refractivity contribution is -0.154. The van der Waals surface area contributed by atoms with Crippen LogP contribution in [0.4, 0.5) is 0 Å². The lowest BCUT2D eigenvalue weighted by Gasteiger charge is -2.20. The van der Waals surface area contributed by atoms with E-state index in [1.807, 2.05) is 0 Å². The van der Waals surface area contributed by atoms with Gasteiger partial charge < -0.3 is 24.6 Å². The summed E-state index contributed by atoms with van der Waals surface area (Å²) >= 11 is 0. The number of aliphatic hydroxyl groups excluding tert-OH is 2. The summed E-state index contributed by atoms with van der Waals surface area (Å²) < 4.78 is 296. The number of carbonyl (C=O) groups is 1. The molecule has 0 aliphatic carbocycles. The Hall–Kier alpha value is -0.540. The number of phosphoric acid groups is 1. The van der Waals surface area contributed by atoms with Gasteiger partial charge in [0.1, 0.15) is 12.2 Å². The highest BCUT2D eigenvalue weighted by molar-refractivity contribution is 7.47. The molecule has 0 saturated carbocycles. The Bertz CT molecular complexity index is 1750. The fourth-order valence-corrected chi connectivity index (χ4v) is 2.16. The van der Waals surface area contributed by atoms with Gasteiger partial charge in [0.15, 0.2) is 0 Å². The average Bonchev–Trinajstić information content (AvgIpc) is 3.14. The molecular weight excluding hydrogens is 463 g/mol. The van der Waals surface area contributed by atoms with Gasteiger partial charge in [0.2, 0.25) is 0 Å². The first-order valence-corrected chi connectivity index (χ1v) is 10.4. The van der Waals surface area contributed by atoms with Crippen LogP contribution in [0, 0.1) is 0 Å². The molecule has 0 amide bonds. The van der Waals surface area contributed by atoms with Crippen molar-refractivity contribution in [2.75, 3.05) is 33.0 Å². The Morgan fingerprint density at radius 1 is 0.912 bits per heavy atom. The predicted octanol–water partition coefficient (Wildman–Crippen LogP) is 4.90. The van der Waals surface area contributed by atoms with Crippen molar-refractivity contribution < 1.29 is 88.2 Å². The van der Waals surface area contributed by atoms with Crippen LogP contribution in [-0.2, 0) is 27.9 Å². The smallest absolute Gasteiger partial charge is 0.457 e. The molecule has 0 aliphatic heterocycles. The Labute approximate surface area is 252 Å². The summed E-state index contributed by atoms with van der Waals surface area (Å²) in [5.74, 6) is -2.61. The van der Waals surface area contributed by atoms with Gasteiger partial charge in [-0.25, -0.2) is 4.57 Å². The summed E-state index contributed by atoms with van der Waals surface area (Å²) in [6, 6.07) is 0. The minimum Gasteiger partial charge on any atom is -0.457 e. The van der Waals surface area contributed by atoms with E-state index in [0.717, 1.165) is 0 Å². The van der Waals surface area contributed by atoms with Crippen LogP contribution >= 0.6 is 7.82 Å². The Kier molecular flexibility index (Phi) is 5.54. The summed E-state index contributed by atoms with van der Waals surface area (Å²) in [7, 11) is -5.28. The van der Waals surface area contributed by atoms with Crippen molar-refractivity contribution in [3.63, 3.8) is 0 Å². The molecule has 0 aromatic heterocycles. The van der Waals surface area contributed by atoms with Crippen molar-refractivity contribution in [3.8, 4) is 0 Å². The molecule has 34 heavy (non-hydrogen) atoms. The average molecular weight is 546 g/mol. The number of hydrogen-bond acceptors (Lipinski definition) is 8. The highest BCUT2D eigenvalue weighted by Gasteiger charge is 2.26. The largest absolute Gasteiger partial charge is 0.472 e. The van der Waals surface area contributed by atoms with Crippen LogP contribution < -0.4 is 0 Å². The van der Waals surface area contributed by atoms with Crippen LogP contribution in [0.15, 0.2) is 0 Å². The van der Waals surface area contributed by atoms with Crippen LogP contribution in [-0.4, -0.2) is 66.3 Å². The van der Waals surface area contributed by atoms with Gasteiger partial charge in [-0.3, -0.25) is 13.8 Å². The van der Waals surface area contributed by atoms with Gasteiger partial charge in [0, 0.05) is 58.2 Å². The number of esters is 1. The molecule has 0 aromatic carbocycles. The lowest BCUT2D eigenvalue weighted by atomic mass is 10.0. The second kappa shape index (κ2) is 22.9. The van der Waals surface area contributed by atoms with Gasteiger partial charge in [-0.05, 0) is 13.2 Å². The van der Waals surface area contributed by atoms with E-state index in [4.69, 9.17) is 55.1 Å². The summed E-state index contributed by atoms with van der Waals surface area (Å²) in [6.45, 7) is -11.3. The molecule has 0 bridgehead atoms. The maximum absolute atomic E-state index is 13.2. The Balaban J connectivity index is 7.43. The lowest BCUT2D eigenvalue weighted by Crippen LogP contribution is -2.28. The first kappa shape index (κ1) is 8.23. The second-order valence-corrected chi connectivity index (χ2v) is 6.66. The van der Waals surface area contributed by atoms with Crippen molar-refractivity contribution in [1.29, 1.82) is 0 Å². The van der Waals surface area contributed by atoms with E-state index < -0.39 is 162 Å². The van der Waals surface area contributed by atoms with Crippen molar-refractivity contribution >= 4 is 13.8 Å². The molecule has 2 unspecified atom stereocenters. The first-order chi connectivity index (χ1) is 28.9.